The van der Waals surface area contributed by atoms with Crippen molar-refractivity contribution in [2.24, 2.45) is 0 Å². The van der Waals surface area contributed by atoms with Crippen LogP contribution < -0.4 is 10.1 Å². The average molecular weight is 614 g/mol. The van der Waals surface area contributed by atoms with Crippen molar-refractivity contribution in [3.8, 4) is 5.75 Å². The molecule has 0 aliphatic heterocycles. The van der Waals surface area contributed by atoms with Crippen LogP contribution in [0.3, 0.4) is 0 Å². The van der Waals surface area contributed by atoms with Crippen LogP contribution >= 0.6 is 34.8 Å². The summed E-state index contributed by atoms with van der Waals surface area (Å²) in [7, 11) is 0. The summed E-state index contributed by atoms with van der Waals surface area (Å²) in [6.07, 6.45) is 0.681. The third kappa shape index (κ3) is 9.18. The molecule has 1 N–H and O–H groups in total. The predicted molar refractivity (Wildman–Crippen MR) is 156 cm³/mol. The Bertz CT molecular complexity index is 1250. The van der Waals surface area contributed by atoms with E-state index in [1.807, 2.05) is 26.8 Å². The summed E-state index contributed by atoms with van der Waals surface area (Å²) in [5, 5.41) is 3.30. The molecule has 1 atom stereocenters. The highest BCUT2D eigenvalue weighted by Crippen LogP contribution is 2.36. The van der Waals surface area contributed by atoms with Gasteiger partial charge in [-0.25, -0.2) is 14.4 Å². The minimum atomic E-state index is -0.670. The molecule has 2 aromatic rings. The lowest BCUT2D eigenvalue weighted by Crippen LogP contribution is -2.45. The van der Waals surface area contributed by atoms with Gasteiger partial charge in [0.2, 0.25) is 0 Å². The Labute approximate surface area is 250 Å². The maximum Gasteiger partial charge on any atom is 0.410 e. The zero-order valence-electron chi connectivity index (χ0n) is 23.5. The molecule has 3 rings (SSSR count). The summed E-state index contributed by atoms with van der Waals surface area (Å²) >= 11 is 18.3. The van der Waals surface area contributed by atoms with Gasteiger partial charge in [0.1, 0.15) is 11.2 Å². The van der Waals surface area contributed by atoms with E-state index in [0.29, 0.717) is 42.9 Å². The lowest BCUT2D eigenvalue weighted by Gasteiger charge is -2.31. The predicted octanol–water partition coefficient (Wildman–Crippen LogP) is 7.49. The fourth-order valence-electron chi connectivity index (χ4n) is 4.22. The largest absolute Gasteiger partial charge is 0.444 e. The fraction of sp³-hybridized carbons (Fsp3) is 0.483. The highest BCUT2D eigenvalue weighted by Gasteiger charge is 2.33. The zero-order valence-corrected chi connectivity index (χ0v) is 25.8. The molecule has 11 heteroatoms. The molecule has 1 aliphatic carbocycles. The number of nitrogens with zero attached hydrogens (tertiary/aromatic N) is 1. The van der Waals surface area contributed by atoms with Gasteiger partial charge in [-0.3, -0.25) is 0 Å². The number of benzene rings is 2. The van der Waals surface area contributed by atoms with E-state index < -0.39 is 29.4 Å². The molecule has 0 saturated carbocycles. The third-order valence-corrected chi connectivity index (χ3v) is 6.60. The van der Waals surface area contributed by atoms with Crippen molar-refractivity contribution in [3.05, 3.63) is 62.1 Å². The summed E-state index contributed by atoms with van der Waals surface area (Å²) < 4.78 is 16.4. The number of hydrogen-bond acceptors (Lipinski definition) is 6. The van der Waals surface area contributed by atoms with Gasteiger partial charge in [0.15, 0.2) is 5.75 Å². The molecule has 0 saturated heterocycles. The van der Waals surface area contributed by atoms with E-state index in [-0.39, 0.29) is 21.8 Å². The van der Waals surface area contributed by atoms with Crippen molar-refractivity contribution in [1.29, 1.82) is 0 Å². The smallest absolute Gasteiger partial charge is 0.410 e. The van der Waals surface area contributed by atoms with Gasteiger partial charge in [0.25, 0.3) is 0 Å². The number of rotatable bonds is 7. The fourth-order valence-corrected chi connectivity index (χ4v) is 5.11. The topological polar surface area (TPSA) is 94.2 Å². The van der Waals surface area contributed by atoms with Crippen molar-refractivity contribution < 1.29 is 28.6 Å². The van der Waals surface area contributed by atoms with Crippen molar-refractivity contribution in [2.75, 3.05) is 13.1 Å². The molecule has 0 heterocycles. The Morgan fingerprint density at radius 3 is 2.10 bits per heavy atom. The molecule has 0 aromatic heterocycles. The minimum absolute atomic E-state index is 0.0344. The maximum atomic E-state index is 13.2. The number of alkyl carbamates (subject to hydrolysis) is 1. The lowest BCUT2D eigenvalue weighted by atomic mass is 10.1. The quantitative estimate of drug-likeness (QED) is 0.198. The summed E-state index contributed by atoms with van der Waals surface area (Å²) in [5.74, 6) is -0.582. The highest BCUT2D eigenvalue weighted by atomic mass is 35.5. The van der Waals surface area contributed by atoms with Crippen LogP contribution in [0.25, 0.3) is 0 Å². The second-order valence-electron chi connectivity index (χ2n) is 11.6. The molecule has 1 aliphatic rings. The molecular weight excluding hydrogens is 579 g/mol. The van der Waals surface area contributed by atoms with E-state index in [9.17, 15) is 14.4 Å². The van der Waals surface area contributed by atoms with Crippen LogP contribution in [0.15, 0.2) is 30.3 Å². The second kappa shape index (κ2) is 12.9. The van der Waals surface area contributed by atoms with E-state index in [4.69, 9.17) is 49.0 Å². The second-order valence-corrected chi connectivity index (χ2v) is 12.8. The molecule has 0 radical (unpaired) electrons. The monoisotopic (exact) mass is 612 g/mol. The lowest BCUT2D eigenvalue weighted by molar-refractivity contribution is 0.0166. The molecule has 2 amide bonds. The number of ether oxygens (including phenoxy) is 3. The van der Waals surface area contributed by atoms with E-state index >= 15 is 0 Å². The first-order chi connectivity index (χ1) is 18.5. The molecule has 1 unspecified atom stereocenters. The Morgan fingerprint density at radius 2 is 1.50 bits per heavy atom. The number of nitrogens with one attached hydrogen (secondary N) is 1. The highest BCUT2D eigenvalue weighted by molar-refractivity contribution is 6.40. The molecule has 2 aromatic carbocycles. The van der Waals surface area contributed by atoms with Crippen molar-refractivity contribution in [3.63, 3.8) is 0 Å². The number of carbonyl (C=O) groups excluding carboxylic acids is 3. The number of halogens is 3. The Kier molecular flexibility index (Phi) is 10.3. The first kappa shape index (κ1) is 31.8. The Hall–Kier alpha value is -2.68. The number of hydrogen-bond donors (Lipinski definition) is 1. The number of amides is 2. The molecule has 0 bridgehead atoms. The third-order valence-electron chi connectivity index (χ3n) is 5.82. The number of carbonyl (C=O) groups is 3. The van der Waals surface area contributed by atoms with E-state index in [1.165, 1.54) is 12.1 Å². The summed E-state index contributed by atoms with van der Waals surface area (Å²) in [6.45, 7) is 11.5. The van der Waals surface area contributed by atoms with Crippen molar-refractivity contribution >= 4 is 53.0 Å². The first-order valence-corrected chi connectivity index (χ1v) is 14.1. The number of esters is 1. The van der Waals surface area contributed by atoms with Crippen molar-refractivity contribution in [2.45, 2.75) is 78.0 Å². The van der Waals surface area contributed by atoms with Gasteiger partial charge in [-0.15, -0.1) is 0 Å². The molecule has 0 spiro atoms. The van der Waals surface area contributed by atoms with Gasteiger partial charge in [-0.1, -0.05) is 40.9 Å². The van der Waals surface area contributed by atoms with Crippen LogP contribution in [-0.2, 0) is 22.3 Å². The van der Waals surface area contributed by atoms with Gasteiger partial charge in [-0.05, 0) is 96.2 Å². The van der Waals surface area contributed by atoms with Gasteiger partial charge in [0, 0.05) is 24.2 Å². The van der Waals surface area contributed by atoms with Crippen LogP contribution in [-0.4, -0.2) is 53.4 Å². The molecule has 8 nitrogen and oxygen atoms in total. The van der Waals surface area contributed by atoms with Crippen LogP contribution in [0.4, 0.5) is 9.59 Å². The van der Waals surface area contributed by atoms with E-state index in [0.717, 1.165) is 11.1 Å². The summed E-state index contributed by atoms with van der Waals surface area (Å²) in [6, 6.07) is 7.99. The molecule has 0 fully saturated rings. The zero-order chi connectivity index (χ0) is 29.8. The molecule has 40 heavy (non-hydrogen) atoms. The normalized spacial score (nSPS) is 14.8. The van der Waals surface area contributed by atoms with Gasteiger partial charge < -0.3 is 24.4 Å². The minimum Gasteiger partial charge on any atom is -0.444 e. The van der Waals surface area contributed by atoms with Crippen LogP contribution in [0.5, 0.6) is 5.75 Å². The van der Waals surface area contributed by atoms with Crippen LogP contribution in [0.2, 0.25) is 15.1 Å². The molecule has 218 valence electrons. The molecular formula is C29H35Cl3N2O6. The first-order valence-electron chi connectivity index (χ1n) is 13.0. The van der Waals surface area contributed by atoms with E-state index in [2.05, 4.69) is 5.32 Å². The summed E-state index contributed by atoms with van der Waals surface area (Å²) in [4.78, 5) is 39.7. The van der Waals surface area contributed by atoms with Crippen molar-refractivity contribution in [1.82, 2.24) is 10.2 Å². The van der Waals surface area contributed by atoms with E-state index in [1.54, 1.807) is 37.8 Å². The van der Waals surface area contributed by atoms with Gasteiger partial charge in [-0.2, -0.15) is 0 Å². The maximum absolute atomic E-state index is 13.2. The standard InChI is InChI=1S/C29H35Cl3N2O6/c1-28(2,3)39-26(36)33-10-7-11-34(27(37)40-29(4,5)6)21-13-17-8-9-18(12-19(17)14-21)25(35)38-24-22(31)15-20(30)16-23(24)32/h8-9,12,15-16,21H,7,10-11,13-14H2,1-6H3,(H,33,36). The van der Waals surface area contributed by atoms with Crippen LogP contribution in [0, 0.1) is 0 Å². The SMILES string of the molecule is CC(C)(C)OC(=O)NCCCN(C(=O)OC(C)(C)C)C1Cc2ccc(C(=O)Oc3c(Cl)cc(Cl)cc3Cl)cc2C1. The Morgan fingerprint density at radius 1 is 0.900 bits per heavy atom. The van der Waals surface area contributed by atoms with Gasteiger partial charge >= 0.3 is 18.2 Å². The number of fused-ring (bicyclic) bond motifs is 1. The van der Waals surface area contributed by atoms with Gasteiger partial charge in [0.05, 0.1) is 15.6 Å². The van der Waals surface area contributed by atoms with Crippen LogP contribution in [0.1, 0.15) is 69.4 Å². The summed E-state index contributed by atoms with van der Waals surface area (Å²) in [5.41, 5.74) is 1.00. The Balaban J connectivity index is 1.69. The average Bonchev–Trinajstić information content (AvgIpc) is 3.21.